The summed E-state index contributed by atoms with van der Waals surface area (Å²) in [7, 11) is 1.35. The van der Waals surface area contributed by atoms with Crippen LogP contribution in [0, 0.1) is 10.1 Å². The summed E-state index contributed by atoms with van der Waals surface area (Å²) in [6, 6.07) is 2.91. The number of nitro benzene ring substituents is 1. The van der Waals surface area contributed by atoms with E-state index in [4.69, 9.17) is 4.74 Å². The molecule has 0 fully saturated rings. The van der Waals surface area contributed by atoms with Gasteiger partial charge in [0.2, 0.25) is 0 Å². The normalized spacial score (nSPS) is 10.6. The summed E-state index contributed by atoms with van der Waals surface area (Å²) in [4.78, 5) is 14.5. The van der Waals surface area contributed by atoms with Crippen LogP contribution in [0.1, 0.15) is 12.5 Å². The number of aryl methyl sites for hydroxylation is 1. The number of pyridine rings is 1. The maximum atomic E-state index is 11.0. The van der Waals surface area contributed by atoms with E-state index in [-0.39, 0.29) is 22.7 Å². The van der Waals surface area contributed by atoms with Crippen molar-refractivity contribution in [3.63, 3.8) is 0 Å². The van der Waals surface area contributed by atoms with Crippen molar-refractivity contribution in [1.82, 2.24) is 4.98 Å². The quantitative estimate of drug-likeness (QED) is 0.665. The zero-order valence-corrected chi connectivity index (χ0v) is 10.0. The van der Waals surface area contributed by atoms with Crippen LogP contribution in [0.3, 0.4) is 0 Å². The minimum atomic E-state index is -0.531. The molecule has 0 aliphatic rings. The lowest BCUT2D eigenvalue weighted by Crippen LogP contribution is -1.96. The predicted octanol–water partition coefficient (Wildman–Crippen LogP) is 2.42. The fourth-order valence-corrected chi connectivity index (χ4v) is 1.93. The molecule has 0 radical (unpaired) electrons. The number of aromatic nitrogens is 1. The third-order valence-corrected chi connectivity index (χ3v) is 2.82. The number of fused-ring (bicyclic) bond motifs is 1. The molecule has 0 saturated carbocycles. The summed E-state index contributed by atoms with van der Waals surface area (Å²) in [5.41, 5.74) is 0.798. The monoisotopic (exact) mass is 248 g/mol. The van der Waals surface area contributed by atoms with E-state index in [9.17, 15) is 15.2 Å². The van der Waals surface area contributed by atoms with E-state index in [0.29, 0.717) is 11.8 Å². The van der Waals surface area contributed by atoms with Crippen molar-refractivity contribution < 1.29 is 14.8 Å². The van der Waals surface area contributed by atoms with Crippen LogP contribution in [-0.2, 0) is 6.42 Å². The molecule has 1 N–H and O–H groups in total. The number of nitro groups is 1. The number of aromatic hydroxyl groups is 1. The molecule has 94 valence electrons. The van der Waals surface area contributed by atoms with Gasteiger partial charge in [-0.15, -0.1) is 0 Å². The van der Waals surface area contributed by atoms with E-state index < -0.39 is 4.92 Å². The highest BCUT2D eigenvalue weighted by atomic mass is 16.6. The minimum absolute atomic E-state index is 0.0805. The van der Waals surface area contributed by atoms with Gasteiger partial charge in [-0.1, -0.05) is 6.92 Å². The highest BCUT2D eigenvalue weighted by Gasteiger charge is 2.22. The zero-order chi connectivity index (χ0) is 13.3. The molecule has 0 unspecified atom stereocenters. The van der Waals surface area contributed by atoms with E-state index in [1.807, 2.05) is 6.92 Å². The van der Waals surface area contributed by atoms with E-state index in [2.05, 4.69) is 4.98 Å². The van der Waals surface area contributed by atoms with E-state index >= 15 is 0 Å². The first-order valence-corrected chi connectivity index (χ1v) is 5.42. The van der Waals surface area contributed by atoms with Gasteiger partial charge in [-0.25, -0.2) is 4.98 Å². The molecule has 2 rings (SSSR count). The molecule has 6 nitrogen and oxygen atoms in total. The first kappa shape index (κ1) is 12.1. The van der Waals surface area contributed by atoms with Crippen LogP contribution in [0.2, 0.25) is 0 Å². The summed E-state index contributed by atoms with van der Waals surface area (Å²) in [5, 5.41) is 21.5. The molecule has 0 aliphatic heterocycles. The average molecular weight is 248 g/mol. The van der Waals surface area contributed by atoms with Crippen LogP contribution >= 0.6 is 0 Å². The summed E-state index contributed by atoms with van der Waals surface area (Å²) in [6.07, 6.45) is 2.14. The van der Waals surface area contributed by atoms with Crippen LogP contribution in [0.25, 0.3) is 10.9 Å². The molecular weight excluding hydrogens is 236 g/mol. The number of rotatable bonds is 3. The van der Waals surface area contributed by atoms with E-state index in [1.165, 1.54) is 19.4 Å². The second-order valence-electron chi connectivity index (χ2n) is 3.75. The number of nitrogens with zero attached hydrogens (tertiary/aromatic N) is 2. The smallest absolute Gasteiger partial charge is 0.299 e. The van der Waals surface area contributed by atoms with Crippen LogP contribution in [0.15, 0.2) is 18.3 Å². The van der Waals surface area contributed by atoms with Gasteiger partial charge in [-0.3, -0.25) is 10.1 Å². The summed E-state index contributed by atoms with van der Waals surface area (Å²) in [6.45, 7) is 1.90. The van der Waals surface area contributed by atoms with Gasteiger partial charge in [0.15, 0.2) is 17.0 Å². The van der Waals surface area contributed by atoms with Gasteiger partial charge in [-0.05, 0) is 18.1 Å². The van der Waals surface area contributed by atoms with Crippen molar-refractivity contribution in [2.75, 3.05) is 7.11 Å². The molecule has 6 heteroatoms. The van der Waals surface area contributed by atoms with Crippen molar-refractivity contribution in [2.45, 2.75) is 13.3 Å². The lowest BCUT2D eigenvalue weighted by atomic mass is 10.0. The topological polar surface area (TPSA) is 85.5 Å². The number of hydrogen-bond acceptors (Lipinski definition) is 5. The van der Waals surface area contributed by atoms with Crippen molar-refractivity contribution in [3.05, 3.63) is 34.0 Å². The Hall–Kier alpha value is -2.37. The second-order valence-corrected chi connectivity index (χ2v) is 3.75. The standard InChI is InChI=1S/C12H12N2O4/c1-3-7-4-5-13-11-8(14(16)17)6-9(18-2)12(15)10(7)11/h4-6,15H,3H2,1-2H3. The Morgan fingerprint density at radius 3 is 2.83 bits per heavy atom. The molecule has 0 aliphatic carbocycles. The number of non-ortho nitro benzene ring substituents is 1. The second kappa shape index (κ2) is 4.48. The largest absolute Gasteiger partial charge is 0.504 e. The molecular formula is C12H12N2O4. The highest BCUT2D eigenvalue weighted by Crippen LogP contribution is 2.40. The van der Waals surface area contributed by atoms with E-state index in [1.54, 1.807) is 6.07 Å². The molecule has 0 saturated heterocycles. The van der Waals surface area contributed by atoms with Gasteiger partial charge in [0.05, 0.1) is 23.5 Å². The van der Waals surface area contributed by atoms with Gasteiger partial charge in [-0.2, -0.15) is 0 Å². The number of phenolic OH excluding ortho intramolecular Hbond substituents is 1. The Morgan fingerprint density at radius 1 is 1.56 bits per heavy atom. The lowest BCUT2D eigenvalue weighted by Gasteiger charge is -2.09. The Morgan fingerprint density at radius 2 is 2.28 bits per heavy atom. The lowest BCUT2D eigenvalue weighted by molar-refractivity contribution is -0.383. The third kappa shape index (κ3) is 1.71. The number of phenols is 1. The SMILES string of the molecule is CCc1ccnc2c([N+](=O)[O-])cc(OC)c(O)c12. The van der Waals surface area contributed by atoms with Crippen molar-refractivity contribution in [3.8, 4) is 11.5 Å². The van der Waals surface area contributed by atoms with Crippen molar-refractivity contribution >= 4 is 16.6 Å². The average Bonchev–Trinajstić information content (AvgIpc) is 2.38. The zero-order valence-electron chi connectivity index (χ0n) is 10.0. The number of methoxy groups -OCH3 is 1. The van der Waals surface area contributed by atoms with Crippen molar-refractivity contribution in [1.29, 1.82) is 0 Å². The van der Waals surface area contributed by atoms with Crippen LogP contribution in [0.4, 0.5) is 5.69 Å². The Kier molecular flexibility index (Phi) is 3.01. The Balaban J connectivity index is 2.96. The molecule has 1 heterocycles. The number of hydrogen-bond donors (Lipinski definition) is 1. The first-order valence-electron chi connectivity index (χ1n) is 5.42. The fraction of sp³-hybridized carbons (Fsp3) is 0.250. The maximum absolute atomic E-state index is 11.0. The molecule has 1 aromatic heterocycles. The Bertz CT molecular complexity index is 625. The minimum Gasteiger partial charge on any atom is -0.504 e. The molecule has 1 aromatic carbocycles. The van der Waals surface area contributed by atoms with Crippen LogP contribution in [-0.4, -0.2) is 22.1 Å². The molecule has 0 bridgehead atoms. The highest BCUT2D eigenvalue weighted by molar-refractivity contribution is 5.96. The summed E-state index contributed by atoms with van der Waals surface area (Å²) in [5.74, 6) is -0.0278. The maximum Gasteiger partial charge on any atom is 0.299 e. The van der Waals surface area contributed by atoms with E-state index in [0.717, 1.165) is 5.56 Å². The molecule has 0 spiro atoms. The number of benzene rings is 1. The van der Waals surface area contributed by atoms with Gasteiger partial charge >= 0.3 is 0 Å². The van der Waals surface area contributed by atoms with Crippen LogP contribution < -0.4 is 4.74 Å². The van der Waals surface area contributed by atoms with Crippen LogP contribution in [0.5, 0.6) is 11.5 Å². The third-order valence-electron chi connectivity index (χ3n) is 2.82. The first-order chi connectivity index (χ1) is 8.60. The van der Waals surface area contributed by atoms with Gasteiger partial charge in [0, 0.05) is 6.20 Å². The number of ether oxygens (including phenoxy) is 1. The summed E-state index contributed by atoms with van der Waals surface area (Å²) >= 11 is 0. The predicted molar refractivity (Wildman–Crippen MR) is 66.0 cm³/mol. The fourth-order valence-electron chi connectivity index (χ4n) is 1.93. The Labute approximate surface area is 103 Å². The molecule has 0 amide bonds. The van der Waals surface area contributed by atoms with Gasteiger partial charge in [0.1, 0.15) is 0 Å². The molecule has 0 atom stereocenters. The molecule has 18 heavy (non-hydrogen) atoms. The summed E-state index contributed by atoms with van der Waals surface area (Å²) < 4.78 is 4.96. The van der Waals surface area contributed by atoms with Crippen molar-refractivity contribution in [2.24, 2.45) is 0 Å². The van der Waals surface area contributed by atoms with Gasteiger partial charge in [0.25, 0.3) is 5.69 Å². The van der Waals surface area contributed by atoms with Gasteiger partial charge < -0.3 is 9.84 Å². The molecule has 2 aromatic rings.